The van der Waals surface area contributed by atoms with Crippen LogP contribution >= 0.6 is 0 Å². The number of aliphatic hydroxyl groups excluding tert-OH is 1. The van der Waals surface area contributed by atoms with Gasteiger partial charge in [-0.25, -0.2) is 0 Å². The standard InChI is InChI=1S/C16H18N2O2/c1-17(2)9-10-18-15(19)12-7-3-5-11-6-4-8-13(14(11)12)16(18)20/h3-8,15,19H,9-10H2,1-2H3. The molecule has 0 aromatic heterocycles. The average molecular weight is 270 g/mol. The predicted octanol–water partition coefficient (Wildman–Crippen LogP) is 1.85. The molecular weight excluding hydrogens is 252 g/mol. The summed E-state index contributed by atoms with van der Waals surface area (Å²) in [6.07, 6.45) is -0.860. The maximum Gasteiger partial charge on any atom is 0.256 e. The molecule has 1 N–H and O–H groups in total. The summed E-state index contributed by atoms with van der Waals surface area (Å²) in [7, 11) is 3.91. The smallest absolute Gasteiger partial charge is 0.256 e. The van der Waals surface area contributed by atoms with Gasteiger partial charge in [-0.2, -0.15) is 0 Å². The van der Waals surface area contributed by atoms with E-state index in [2.05, 4.69) is 0 Å². The number of likely N-dealkylation sites (N-methyl/N-ethyl adjacent to an activating group) is 1. The molecule has 20 heavy (non-hydrogen) atoms. The van der Waals surface area contributed by atoms with Gasteiger partial charge in [-0.15, -0.1) is 0 Å². The highest BCUT2D eigenvalue weighted by Crippen LogP contribution is 2.35. The molecule has 3 rings (SSSR count). The van der Waals surface area contributed by atoms with E-state index >= 15 is 0 Å². The van der Waals surface area contributed by atoms with Crippen LogP contribution in [0.15, 0.2) is 36.4 Å². The van der Waals surface area contributed by atoms with Crippen LogP contribution in [0.4, 0.5) is 0 Å². The molecule has 1 aliphatic rings. The largest absolute Gasteiger partial charge is 0.369 e. The van der Waals surface area contributed by atoms with Crippen LogP contribution in [-0.2, 0) is 0 Å². The van der Waals surface area contributed by atoms with Crippen LogP contribution < -0.4 is 0 Å². The monoisotopic (exact) mass is 270 g/mol. The average Bonchev–Trinajstić information content (AvgIpc) is 2.44. The molecule has 0 bridgehead atoms. The summed E-state index contributed by atoms with van der Waals surface area (Å²) in [5, 5.41) is 12.4. The minimum Gasteiger partial charge on any atom is -0.369 e. The van der Waals surface area contributed by atoms with Gasteiger partial charge in [0.2, 0.25) is 0 Å². The topological polar surface area (TPSA) is 43.8 Å². The van der Waals surface area contributed by atoms with Crippen LogP contribution in [-0.4, -0.2) is 48.0 Å². The van der Waals surface area contributed by atoms with Crippen molar-refractivity contribution in [3.8, 4) is 0 Å². The molecule has 1 amide bonds. The first-order valence-corrected chi connectivity index (χ1v) is 6.75. The lowest BCUT2D eigenvalue weighted by Crippen LogP contribution is -2.41. The zero-order valence-corrected chi connectivity index (χ0v) is 11.7. The van der Waals surface area contributed by atoms with E-state index in [4.69, 9.17) is 0 Å². The maximum atomic E-state index is 12.6. The van der Waals surface area contributed by atoms with Gasteiger partial charge in [-0.05, 0) is 25.5 Å². The Hall–Kier alpha value is -1.91. The second kappa shape index (κ2) is 4.89. The molecule has 1 heterocycles. The van der Waals surface area contributed by atoms with Gasteiger partial charge in [0.1, 0.15) is 0 Å². The Morgan fingerprint density at radius 3 is 2.60 bits per heavy atom. The van der Waals surface area contributed by atoms with E-state index in [1.165, 1.54) is 4.90 Å². The van der Waals surface area contributed by atoms with Crippen molar-refractivity contribution in [2.45, 2.75) is 6.23 Å². The van der Waals surface area contributed by atoms with Crippen LogP contribution in [0.25, 0.3) is 10.8 Å². The summed E-state index contributed by atoms with van der Waals surface area (Å²) >= 11 is 0. The van der Waals surface area contributed by atoms with Gasteiger partial charge in [0.25, 0.3) is 5.91 Å². The Labute approximate surface area is 118 Å². The van der Waals surface area contributed by atoms with Crippen LogP contribution in [0.2, 0.25) is 0 Å². The lowest BCUT2D eigenvalue weighted by molar-refractivity contribution is 0.00280. The van der Waals surface area contributed by atoms with Crippen molar-refractivity contribution in [3.05, 3.63) is 47.5 Å². The lowest BCUT2D eigenvalue weighted by Gasteiger charge is -2.34. The van der Waals surface area contributed by atoms with E-state index in [1.807, 2.05) is 55.4 Å². The molecule has 104 valence electrons. The highest BCUT2D eigenvalue weighted by molar-refractivity contribution is 6.10. The molecule has 4 nitrogen and oxygen atoms in total. The minimum atomic E-state index is -0.860. The normalized spacial score (nSPS) is 18.1. The number of carbonyl (C=O) groups is 1. The van der Waals surface area contributed by atoms with Gasteiger partial charge in [-0.3, -0.25) is 4.79 Å². The molecule has 0 saturated heterocycles. The molecule has 1 aliphatic heterocycles. The van der Waals surface area contributed by atoms with Crippen molar-refractivity contribution in [2.75, 3.05) is 27.2 Å². The van der Waals surface area contributed by atoms with Crippen molar-refractivity contribution in [3.63, 3.8) is 0 Å². The number of benzene rings is 2. The van der Waals surface area contributed by atoms with Gasteiger partial charge >= 0.3 is 0 Å². The lowest BCUT2D eigenvalue weighted by atomic mass is 9.93. The fraction of sp³-hybridized carbons (Fsp3) is 0.312. The third kappa shape index (κ3) is 1.97. The molecule has 1 atom stereocenters. The van der Waals surface area contributed by atoms with Crippen LogP contribution in [0, 0.1) is 0 Å². The highest BCUT2D eigenvalue weighted by atomic mass is 16.3. The van der Waals surface area contributed by atoms with Crippen molar-refractivity contribution in [2.24, 2.45) is 0 Å². The summed E-state index contributed by atoms with van der Waals surface area (Å²) < 4.78 is 0. The SMILES string of the molecule is CN(C)CCN1C(=O)c2cccc3cccc(c23)C1O. The summed E-state index contributed by atoms with van der Waals surface area (Å²) in [6, 6.07) is 11.5. The summed E-state index contributed by atoms with van der Waals surface area (Å²) in [6.45, 7) is 1.23. The first-order chi connectivity index (χ1) is 9.59. The molecule has 0 spiro atoms. The summed E-state index contributed by atoms with van der Waals surface area (Å²) in [5.74, 6) is -0.0938. The second-order valence-corrected chi connectivity index (χ2v) is 5.43. The Kier molecular flexibility index (Phi) is 3.20. The first-order valence-electron chi connectivity index (χ1n) is 6.75. The third-order valence-corrected chi connectivity index (χ3v) is 3.79. The minimum absolute atomic E-state index is 0.0938. The summed E-state index contributed by atoms with van der Waals surface area (Å²) in [5.41, 5.74) is 1.50. The fourth-order valence-electron chi connectivity index (χ4n) is 2.73. The molecular formula is C16H18N2O2. The maximum absolute atomic E-state index is 12.6. The zero-order valence-electron chi connectivity index (χ0n) is 11.7. The van der Waals surface area contributed by atoms with E-state index in [0.29, 0.717) is 12.1 Å². The molecule has 0 fully saturated rings. The highest BCUT2D eigenvalue weighted by Gasteiger charge is 2.32. The second-order valence-electron chi connectivity index (χ2n) is 5.43. The van der Waals surface area contributed by atoms with Crippen LogP contribution in [0.5, 0.6) is 0 Å². The fourth-order valence-corrected chi connectivity index (χ4v) is 2.73. The van der Waals surface area contributed by atoms with Gasteiger partial charge in [0.05, 0.1) is 0 Å². The zero-order chi connectivity index (χ0) is 14.3. The number of hydrogen-bond donors (Lipinski definition) is 1. The molecule has 4 heteroatoms. The third-order valence-electron chi connectivity index (χ3n) is 3.79. The van der Waals surface area contributed by atoms with Crippen LogP contribution in [0.3, 0.4) is 0 Å². The Morgan fingerprint density at radius 1 is 1.20 bits per heavy atom. The van der Waals surface area contributed by atoms with E-state index in [1.54, 1.807) is 0 Å². The number of rotatable bonds is 3. The predicted molar refractivity (Wildman–Crippen MR) is 78.5 cm³/mol. The molecule has 0 aliphatic carbocycles. The van der Waals surface area contributed by atoms with Crippen molar-refractivity contribution in [1.82, 2.24) is 9.80 Å². The van der Waals surface area contributed by atoms with E-state index < -0.39 is 6.23 Å². The van der Waals surface area contributed by atoms with Gasteiger partial charge in [0.15, 0.2) is 6.23 Å². The number of carbonyl (C=O) groups excluding carboxylic acids is 1. The molecule has 0 saturated carbocycles. The number of nitrogens with zero attached hydrogens (tertiary/aromatic N) is 2. The van der Waals surface area contributed by atoms with Crippen molar-refractivity contribution < 1.29 is 9.90 Å². The van der Waals surface area contributed by atoms with Gasteiger partial charge in [0, 0.05) is 29.6 Å². The van der Waals surface area contributed by atoms with Crippen molar-refractivity contribution in [1.29, 1.82) is 0 Å². The number of amides is 1. The molecule has 1 unspecified atom stereocenters. The van der Waals surface area contributed by atoms with Crippen molar-refractivity contribution >= 4 is 16.7 Å². The quantitative estimate of drug-likeness (QED) is 0.925. The number of hydrogen-bond acceptors (Lipinski definition) is 3. The Balaban J connectivity index is 2.09. The van der Waals surface area contributed by atoms with E-state index in [-0.39, 0.29) is 5.91 Å². The molecule has 2 aromatic carbocycles. The van der Waals surface area contributed by atoms with Gasteiger partial charge in [-0.1, -0.05) is 30.3 Å². The van der Waals surface area contributed by atoms with Gasteiger partial charge < -0.3 is 14.9 Å². The number of aliphatic hydroxyl groups is 1. The van der Waals surface area contributed by atoms with E-state index in [0.717, 1.165) is 22.9 Å². The van der Waals surface area contributed by atoms with Crippen LogP contribution in [0.1, 0.15) is 22.1 Å². The van der Waals surface area contributed by atoms with E-state index in [9.17, 15) is 9.90 Å². The summed E-state index contributed by atoms with van der Waals surface area (Å²) in [4.78, 5) is 16.1. The first kappa shape index (κ1) is 13.1. The Morgan fingerprint density at radius 2 is 1.90 bits per heavy atom. The Bertz CT molecular complexity index is 661. The molecule has 2 aromatic rings. The molecule has 0 radical (unpaired) electrons.